The molecule has 0 radical (unpaired) electrons. The zero-order valence-corrected chi connectivity index (χ0v) is 11.4. The third kappa shape index (κ3) is 3.45. The third-order valence-corrected chi connectivity index (χ3v) is 3.42. The second kappa shape index (κ2) is 6.19. The second-order valence-corrected chi connectivity index (χ2v) is 4.87. The van der Waals surface area contributed by atoms with Crippen LogP contribution in [0.25, 0.3) is 0 Å². The molecule has 0 aliphatic carbocycles. The van der Waals surface area contributed by atoms with Gasteiger partial charge < -0.3 is 15.8 Å². The average molecular weight is 277 g/mol. The predicted molar refractivity (Wildman–Crippen MR) is 75.6 cm³/mol. The molecule has 0 unspecified atom stereocenters. The van der Waals surface area contributed by atoms with Crippen LogP contribution in [0.1, 0.15) is 15.4 Å². The van der Waals surface area contributed by atoms with E-state index in [1.54, 1.807) is 35.7 Å². The Labute approximate surface area is 115 Å². The lowest BCUT2D eigenvalue weighted by atomic mass is 10.1. The Kier molecular flexibility index (Phi) is 4.35. The maximum Gasteiger partial charge on any atom is 0.255 e. The van der Waals surface area contributed by atoms with E-state index in [1.165, 1.54) is 7.11 Å². The number of carbonyl (C=O) groups is 1. The fourth-order valence-electron chi connectivity index (χ4n) is 1.66. The third-order valence-electron chi connectivity index (χ3n) is 2.58. The molecule has 6 heteroatoms. The normalized spacial score (nSPS) is 10.2. The van der Waals surface area contributed by atoms with E-state index in [0.29, 0.717) is 30.0 Å². The first-order valence-electron chi connectivity index (χ1n) is 5.81. The molecule has 19 heavy (non-hydrogen) atoms. The summed E-state index contributed by atoms with van der Waals surface area (Å²) in [5.41, 5.74) is 6.66. The maximum absolute atomic E-state index is 12.0. The molecule has 1 aromatic carbocycles. The SMILES string of the molecule is COc1ccc(N)cc1C(=O)NCCc1nccs1. The van der Waals surface area contributed by atoms with Gasteiger partial charge in [0, 0.05) is 30.2 Å². The molecule has 100 valence electrons. The first-order chi connectivity index (χ1) is 9.20. The van der Waals surface area contributed by atoms with Crippen molar-refractivity contribution in [1.82, 2.24) is 10.3 Å². The Morgan fingerprint density at radius 1 is 1.53 bits per heavy atom. The molecule has 1 amide bonds. The van der Waals surface area contributed by atoms with Crippen LogP contribution in [-0.2, 0) is 6.42 Å². The highest BCUT2D eigenvalue weighted by Gasteiger charge is 2.12. The number of nitrogens with two attached hydrogens (primary N) is 1. The Balaban J connectivity index is 1.97. The summed E-state index contributed by atoms with van der Waals surface area (Å²) in [6.45, 7) is 0.532. The van der Waals surface area contributed by atoms with Crippen molar-refractivity contribution < 1.29 is 9.53 Å². The molecule has 2 aromatic rings. The summed E-state index contributed by atoms with van der Waals surface area (Å²) < 4.78 is 5.15. The number of aromatic nitrogens is 1. The summed E-state index contributed by atoms with van der Waals surface area (Å²) in [4.78, 5) is 16.2. The molecule has 0 fully saturated rings. The minimum absolute atomic E-state index is 0.194. The molecule has 3 N–H and O–H groups in total. The first kappa shape index (κ1) is 13.4. The molecule has 0 saturated carbocycles. The molecule has 0 spiro atoms. The largest absolute Gasteiger partial charge is 0.496 e. The van der Waals surface area contributed by atoms with E-state index < -0.39 is 0 Å². The van der Waals surface area contributed by atoms with E-state index in [4.69, 9.17) is 10.5 Å². The van der Waals surface area contributed by atoms with E-state index in [2.05, 4.69) is 10.3 Å². The summed E-state index contributed by atoms with van der Waals surface area (Å²) in [5, 5.41) is 5.75. The minimum atomic E-state index is -0.194. The molecule has 0 saturated heterocycles. The monoisotopic (exact) mass is 277 g/mol. The molecule has 0 aliphatic heterocycles. The van der Waals surface area contributed by atoms with Crippen molar-refractivity contribution >= 4 is 22.9 Å². The van der Waals surface area contributed by atoms with Gasteiger partial charge in [0.2, 0.25) is 0 Å². The zero-order chi connectivity index (χ0) is 13.7. The molecular formula is C13H15N3O2S. The van der Waals surface area contributed by atoms with Crippen LogP contribution in [0.4, 0.5) is 5.69 Å². The van der Waals surface area contributed by atoms with Crippen LogP contribution >= 0.6 is 11.3 Å². The summed E-state index contributed by atoms with van der Waals surface area (Å²) in [7, 11) is 1.53. The number of hydrogen-bond acceptors (Lipinski definition) is 5. The van der Waals surface area contributed by atoms with Crippen LogP contribution < -0.4 is 15.8 Å². The topological polar surface area (TPSA) is 77.2 Å². The second-order valence-electron chi connectivity index (χ2n) is 3.89. The molecule has 1 aromatic heterocycles. The van der Waals surface area contributed by atoms with E-state index in [1.807, 2.05) is 5.38 Å². The molecule has 2 rings (SSSR count). The van der Waals surface area contributed by atoms with Crippen LogP contribution in [0.15, 0.2) is 29.8 Å². The van der Waals surface area contributed by atoms with Crippen molar-refractivity contribution in [1.29, 1.82) is 0 Å². The van der Waals surface area contributed by atoms with Crippen LogP contribution in [0, 0.1) is 0 Å². The van der Waals surface area contributed by atoms with Gasteiger partial charge in [-0.15, -0.1) is 11.3 Å². The van der Waals surface area contributed by atoms with Gasteiger partial charge in [0.15, 0.2) is 0 Å². The minimum Gasteiger partial charge on any atom is -0.496 e. The fourth-order valence-corrected chi connectivity index (χ4v) is 2.28. The number of anilines is 1. The van der Waals surface area contributed by atoms with Crippen LogP contribution in [-0.4, -0.2) is 24.5 Å². The van der Waals surface area contributed by atoms with Gasteiger partial charge in [-0.2, -0.15) is 0 Å². The Morgan fingerprint density at radius 2 is 2.37 bits per heavy atom. The highest BCUT2D eigenvalue weighted by Crippen LogP contribution is 2.20. The maximum atomic E-state index is 12.0. The van der Waals surface area contributed by atoms with Gasteiger partial charge in [-0.3, -0.25) is 4.79 Å². The van der Waals surface area contributed by atoms with Crippen molar-refractivity contribution in [3.05, 3.63) is 40.3 Å². The number of nitrogen functional groups attached to an aromatic ring is 1. The van der Waals surface area contributed by atoms with Crippen molar-refractivity contribution in [2.45, 2.75) is 6.42 Å². The lowest BCUT2D eigenvalue weighted by Gasteiger charge is -2.09. The van der Waals surface area contributed by atoms with Gasteiger partial charge in [0.25, 0.3) is 5.91 Å². The smallest absolute Gasteiger partial charge is 0.255 e. The van der Waals surface area contributed by atoms with Gasteiger partial charge >= 0.3 is 0 Å². The highest BCUT2D eigenvalue weighted by atomic mass is 32.1. The number of benzene rings is 1. The Morgan fingerprint density at radius 3 is 3.05 bits per heavy atom. The summed E-state index contributed by atoms with van der Waals surface area (Å²) in [6, 6.07) is 4.99. The number of rotatable bonds is 5. The predicted octanol–water partition coefficient (Wildman–Crippen LogP) is 1.71. The standard InChI is InChI=1S/C13H15N3O2S/c1-18-11-3-2-9(14)8-10(11)13(17)16-5-4-12-15-6-7-19-12/h2-3,6-8H,4-5,14H2,1H3,(H,16,17). The number of thiazole rings is 1. The number of nitrogens with one attached hydrogen (secondary N) is 1. The number of carbonyl (C=O) groups excluding carboxylic acids is 1. The highest BCUT2D eigenvalue weighted by molar-refractivity contribution is 7.09. The molecule has 0 atom stereocenters. The summed E-state index contributed by atoms with van der Waals surface area (Å²) in [6.07, 6.45) is 2.47. The quantitative estimate of drug-likeness (QED) is 0.816. The lowest BCUT2D eigenvalue weighted by molar-refractivity contribution is 0.0951. The van der Waals surface area contributed by atoms with Crippen molar-refractivity contribution in [3.63, 3.8) is 0 Å². The van der Waals surface area contributed by atoms with Crippen molar-refractivity contribution in [2.75, 3.05) is 19.4 Å². The van der Waals surface area contributed by atoms with Crippen molar-refractivity contribution in [2.24, 2.45) is 0 Å². The number of amides is 1. The van der Waals surface area contributed by atoms with E-state index in [9.17, 15) is 4.79 Å². The molecular weight excluding hydrogens is 262 g/mol. The lowest BCUT2D eigenvalue weighted by Crippen LogP contribution is -2.26. The summed E-state index contributed by atoms with van der Waals surface area (Å²) >= 11 is 1.57. The van der Waals surface area contributed by atoms with E-state index in [0.717, 1.165) is 5.01 Å². The zero-order valence-electron chi connectivity index (χ0n) is 10.6. The van der Waals surface area contributed by atoms with Crippen LogP contribution in [0.3, 0.4) is 0 Å². The van der Waals surface area contributed by atoms with Gasteiger partial charge in [0.1, 0.15) is 5.75 Å². The van der Waals surface area contributed by atoms with Gasteiger partial charge in [0.05, 0.1) is 17.7 Å². The van der Waals surface area contributed by atoms with E-state index >= 15 is 0 Å². The molecule has 0 aliphatic rings. The van der Waals surface area contributed by atoms with Crippen molar-refractivity contribution in [3.8, 4) is 5.75 Å². The van der Waals surface area contributed by atoms with Gasteiger partial charge in [-0.05, 0) is 18.2 Å². The van der Waals surface area contributed by atoms with Gasteiger partial charge in [-0.25, -0.2) is 4.98 Å². The van der Waals surface area contributed by atoms with Crippen LogP contribution in [0.5, 0.6) is 5.75 Å². The fraction of sp³-hybridized carbons (Fsp3) is 0.231. The summed E-state index contributed by atoms with van der Waals surface area (Å²) in [5.74, 6) is 0.321. The molecule has 0 bridgehead atoms. The number of nitrogens with zero attached hydrogens (tertiary/aromatic N) is 1. The van der Waals surface area contributed by atoms with Crippen LogP contribution in [0.2, 0.25) is 0 Å². The molecule has 1 heterocycles. The number of methoxy groups -OCH3 is 1. The Bertz CT molecular complexity index is 555. The average Bonchev–Trinajstić information content (AvgIpc) is 2.91. The van der Waals surface area contributed by atoms with Gasteiger partial charge in [-0.1, -0.05) is 0 Å². The van der Waals surface area contributed by atoms with E-state index in [-0.39, 0.29) is 5.91 Å². The molecule has 5 nitrogen and oxygen atoms in total. The Hall–Kier alpha value is -2.08. The number of ether oxygens (including phenoxy) is 1. The first-order valence-corrected chi connectivity index (χ1v) is 6.68. The number of hydrogen-bond donors (Lipinski definition) is 2.